The Balaban J connectivity index is 1.62. The van der Waals surface area contributed by atoms with Crippen molar-refractivity contribution >= 4 is 16.7 Å². The molecule has 0 aliphatic carbocycles. The average Bonchev–Trinajstić information content (AvgIpc) is 3.04. The summed E-state index contributed by atoms with van der Waals surface area (Å²) in [6.45, 7) is 1.08. The van der Waals surface area contributed by atoms with Gasteiger partial charge in [0.1, 0.15) is 0 Å². The molecule has 2 aromatic heterocycles. The maximum absolute atomic E-state index is 12.1. The Morgan fingerprint density at radius 3 is 2.90 bits per heavy atom. The lowest BCUT2D eigenvalue weighted by Crippen LogP contribution is -2.11. The topological polar surface area (TPSA) is 57.0 Å². The van der Waals surface area contributed by atoms with Gasteiger partial charge in [-0.3, -0.25) is 4.68 Å². The lowest BCUT2D eigenvalue weighted by Gasteiger charge is -2.07. The summed E-state index contributed by atoms with van der Waals surface area (Å²) in [5.41, 5.74) is 0.368. The molecule has 106 valence electrons. The van der Waals surface area contributed by atoms with Crippen LogP contribution in [0.1, 0.15) is 16.9 Å². The predicted molar refractivity (Wildman–Crippen MR) is 78.9 cm³/mol. The SMILES string of the molecule is O=C(OCCCn1cccn1)c1nccc2ccccc12. The largest absolute Gasteiger partial charge is 0.461 e. The van der Waals surface area contributed by atoms with Crippen molar-refractivity contribution in [3.63, 3.8) is 0 Å². The molecule has 5 heteroatoms. The lowest BCUT2D eigenvalue weighted by molar-refractivity contribution is 0.0490. The van der Waals surface area contributed by atoms with E-state index in [0.29, 0.717) is 12.3 Å². The highest BCUT2D eigenvalue weighted by molar-refractivity contribution is 6.02. The fourth-order valence-electron chi connectivity index (χ4n) is 2.17. The Morgan fingerprint density at radius 2 is 2.05 bits per heavy atom. The second kappa shape index (κ2) is 6.17. The van der Waals surface area contributed by atoms with Crippen LogP contribution in [0, 0.1) is 0 Å². The number of rotatable bonds is 5. The molecular formula is C16H15N3O2. The highest BCUT2D eigenvalue weighted by Gasteiger charge is 2.12. The van der Waals surface area contributed by atoms with Crippen LogP contribution in [-0.4, -0.2) is 27.3 Å². The average molecular weight is 281 g/mol. The third-order valence-corrected chi connectivity index (χ3v) is 3.19. The van der Waals surface area contributed by atoms with Gasteiger partial charge in [0.2, 0.25) is 0 Å². The lowest BCUT2D eigenvalue weighted by atomic mass is 10.1. The van der Waals surface area contributed by atoms with Crippen LogP contribution in [0.25, 0.3) is 10.8 Å². The third-order valence-electron chi connectivity index (χ3n) is 3.19. The summed E-state index contributed by atoms with van der Waals surface area (Å²) >= 11 is 0. The molecule has 0 fully saturated rings. The Bertz CT molecular complexity index is 733. The van der Waals surface area contributed by atoms with Crippen molar-refractivity contribution in [3.05, 3.63) is 60.7 Å². The summed E-state index contributed by atoms with van der Waals surface area (Å²) in [5.74, 6) is -0.382. The van der Waals surface area contributed by atoms with Crippen LogP contribution in [-0.2, 0) is 11.3 Å². The minimum atomic E-state index is -0.382. The fraction of sp³-hybridized carbons (Fsp3) is 0.188. The molecular weight excluding hydrogens is 266 g/mol. The minimum absolute atomic E-state index is 0.351. The molecule has 3 rings (SSSR count). The van der Waals surface area contributed by atoms with Crippen LogP contribution >= 0.6 is 0 Å². The van der Waals surface area contributed by atoms with Crippen molar-refractivity contribution in [1.82, 2.24) is 14.8 Å². The van der Waals surface area contributed by atoms with E-state index in [9.17, 15) is 4.79 Å². The number of nitrogens with zero attached hydrogens (tertiary/aromatic N) is 3. The maximum Gasteiger partial charge on any atom is 0.357 e. The van der Waals surface area contributed by atoms with Crippen LogP contribution < -0.4 is 0 Å². The minimum Gasteiger partial charge on any atom is -0.461 e. The van der Waals surface area contributed by atoms with Gasteiger partial charge in [-0.1, -0.05) is 24.3 Å². The van der Waals surface area contributed by atoms with E-state index < -0.39 is 0 Å². The Hall–Kier alpha value is -2.69. The fourth-order valence-corrected chi connectivity index (χ4v) is 2.17. The van der Waals surface area contributed by atoms with E-state index >= 15 is 0 Å². The van der Waals surface area contributed by atoms with Gasteiger partial charge in [0, 0.05) is 36.9 Å². The molecule has 0 amide bonds. The standard InChI is InChI=1S/C16H15N3O2/c20-16(21-12-4-11-19-10-3-8-18-19)15-14-6-2-1-5-13(14)7-9-17-15/h1-3,5-10H,4,11-12H2. The summed E-state index contributed by atoms with van der Waals surface area (Å²) in [5, 5.41) is 5.89. The Morgan fingerprint density at radius 1 is 1.14 bits per heavy atom. The number of hydrogen-bond donors (Lipinski definition) is 0. The number of fused-ring (bicyclic) bond motifs is 1. The van der Waals surface area contributed by atoms with Crippen molar-refractivity contribution in [3.8, 4) is 0 Å². The Labute approximate surface area is 122 Å². The zero-order valence-corrected chi connectivity index (χ0v) is 11.5. The molecule has 0 unspecified atom stereocenters. The van der Waals surface area contributed by atoms with Crippen molar-refractivity contribution in [2.75, 3.05) is 6.61 Å². The molecule has 3 aromatic rings. The molecule has 0 saturated heterocycles. The van der Waals surface area contributed by atoms with Gasteiger partial charge in [0.05, 0.1) is 6.61 Å². The van der Waals surface area contributed by atoms with E-state index in [0.717, 1.165) is 23.7 Å². The van der Waals surface area contributed by atoms with Crippen molar-refractivity contribution in [2.24, 2.45) is 0 Å². The molecule has 0 N–H and O–H groups in total. The van der Waals surface area contributed by atoms with Crippen LogP contribution in [0.15, 0.2) is 55.0 Å². The highest BCUT2D eigenvalue weighted by Crippen LogP contribution is 2.17. The maximum atomic E-state index is 12.1. The van der Waals surface area contributed by atoms with Gasteiger partial charge >= 0.3 is 5.97 Å². The molecule has 5 nitrogen and oxygen atoms in total. The number of carbonyl (C=O) groups excluding carboxylic acids is 1. The molecule has 0 bridgehead atoms. The van der Waals surface area contributed by atoms with E-state index in [-0.39, 0.29) is 5.97 Å². The first-order valence-electron chi connectivity index (χ1n) is 6.83. The van der Waals surface area contributed by atoms with E-state index in [1.54, 1.807) is 12.4 Å². The molecule has 1 aromatic carbocycles. The van der Waals surface area contributed by atoms with Gasteiger partial charge < -0.3 is 4.74 Å². The second-order valence-corrected chi connectivity index (χ2v) is 4.64. The number of carbonyl (C=O) groups is 1. The summed E-state index contributed by atoms with van der Waals surface area (Å²) in [4.78, 5) is 16.3. The molecule has 0 saturated carbocycles. The van der Waals surface area contributed by atoms with Gasteiger partial charge in [-0.25, -0.2) is 9.78 Å². The highest BCUT2D eigenvalue weighted by atomic mass is 16.5. The zero-order valence-electron chi connectivity index (χ0n) is 11.5. The number of ether oxygens (including phenoxy) is 1. The monoisotopic (exact) mass is 281 g/mol. The van der Waals surface area contributed by atoms with Crippen LogP contribution in [0.5, 0.6) is 0 Å². The van der Waals surface area contributed by atoms with Crippen molar-refractivity contribution in [1.29, 1.82) is 0 Å². The van der Waals surface area contributed by atoms with Gasteiger partial charge in [-0.05, 0) is 17.5 Å². The molecule has 2 heterocycles. The molecule has 21 heavy (non-hydrogen) atoms. The number of esters is 1. The summed E-state index contributed by atoms with van der Waals surface area (Å²) in [6, 6.07) is 11.4. The zero-order chi connectivity index (χ0) is 14.5. The number of aromatic nitrogens is 3. The first kappa shape index (κ1) is 13.3. The molecule has 0 aliphatic heterocycles. The first-order chi connectivity index (χ1) is 10.3. The van der Waals surface area contributed by atoms with Crippen LogP contribution in [0.4, 0.5) is 0 Å². The summed E-state index contributed by atoms with van der Waals surface area (Å²) < 4.78 is 7.10. The van der Waals surface area contributed by atoms with E-state index in [1.165, 1.54) is 0 Å². The van der Waals surface area contributed by atoms with E-state index in [4.69, 9.17) is 4.74 Å². The first-order valence-corrected chi connectivity index (χ1v) is 6.83. The van der Waals surface area contributed by atoms with Gasteiger partial charge in [0.15, 0.2) is 5.69 Å². The molecule has 0 spiro atoms. The van der Waals surface area contributed by atoms with Gasteiger partial charge in [-0.15, -0.1) is 0 Å². The van der Waals surface area contributed by atoms with E-state index in [2.05, 4.69) is 10.1 Å². The quantitative estimate of drug-likeness (QED) is 0.533. The number of hydrogen-bond acceptors (Lipinski definition) is 4. The van der Waals surface area contributed by atoms with E-state index in [1.807, 2.05) is 47.3 Å². The second-order valence-electron chi connectivity index (χ2n) is 4.64. The van der Waals surface area contributed by atoms with Crippen molar-refractivity contribution < 1.29 is 9.53 Å². The normalized spacial score (nSPS) is 10.7. The van der Waals surface area contributed by atoms with Gasteiger partial charge in [-0.2, -0.15) is 5.10 Å². The Kier molecular flexibility index (Phi) is 3.91. The third kappa shape index (κ3) is 3.08. The smallest absolute Gasteiger partial charge is 0.357 e. The number of aryl methyl sites for hydroxylation is 1. The van der Waals surface area contributed by atoms with Crippen LogP contribution in [0.2, 0.25) is 0 Å². The number of pyridine rings is 1. The molecule has 0 radical (unpaired) electrons. The summed E-state index contributed by atoms with van der Waals surface area (Å²) in [6.07, 6.45) is 5.96. The predicted octanol–water partition coefficient (Wildman–Crippen LogP) is 2.68. The number of benzene rings is 1. The van der Waals surface area contributed by atoms with Crippen molar-refractivity contribution in [2.45, 2.75) is 13.0 Å². The summed E-state index contributed by atoms with van der Waals surface area (Å²) in [7, 11) is 0. The van der Waals surface area contributed by atoms with Gasteiger partial charge in [0.25, 0.3) is 0 Å². The van der Waals surface area contributed by atoms with Crippen LogP contribution in [0.3, 0.4) is 0 Å². The molecule has 0 aliphatic rings. The molecule has 0 atom stereocenters.